The molecule has 0 bridgehead atoms. The second-order valence-electron chi connectivity index (χ2n) is 9.43. The van der Waals surface area contributed by atoms with Gasteiger partial charge in [0.1, 0.15) is 0 Å². The van der Waals surface area contributed by atoms with E-state index in [1.165, 1.54) is 10.4 Å². The molecule has 0 N–H and O–H groups in total. The van der Waals surface area contributed by atoms with Crippen LogP contribution in [0.4, 0.5) is 0 Å². The summed E-state index contributed by atoms with van der Waals surface area (Å²) in [6, 6.07) is 21.5. The monoisotopic (exact) mass is 436 g/mol. The predicted octanol–water partition coefficient (Wildman–Crippen LogP) is 6.27. The summed E-state index contributed by atoms with van der Waals surface area (Å²) in [5.41, 5.74) is 1.05. The summed E-state index contributed by atoms with van der Waals surface area (Å²) < 4.78 is 13.8. The van der Waals surface area contributed by atoms with Crippen molar-refractivity contribution >= 4 is 18.7 Å². The minimum absolute atomic E-state index is 0.0233. The van der Waals surface area contributed by atoms with Crippen molar-refractivity contribution in [3.8, 4) is 0 Å². The minimum atomic E-state index is -2.63. The van der Waals surface area contributed by atoms with Crippen molar-refractivity contribution in [2.75, 3.05) is 0 Å². The number of ether oxygens (including phenoxy) is 1. The van der Waals surface area contributed by atoms with Gasteiger partial charge >= 0.3 is 0 Å². The molecule has 0 aliphatic carbocycles. The highest BCUT2D eigenvalue weighted by molar-refractivity contribution is 6.99. The molecule has 3 heteroatoms. The highest BCUT2D eigenvalue weighted by Gasteiger charge is 2.51. The highest BCUT2D eigenvalue weighted by Crippen LogP contribution is 2.38. The Labute approximate surface area is 191 Å². The van der Waals surface area contributed by atoms with E-state index in [9.17, 15) is 0 Å². The summed E-state index contributed by atoms with van der Waals surface area (Å²) >= 11 is 0. The third-order valence-corrected chi connectivity index (χ3v) is 11.1. The van der Waals surface area contributed by atoms with E-state index >= 15 is 0 Å². The number of rotatable bonds is 11. The topological polar surface area (TPSA) is 18.5 Å². The second-order valence-corrected chi connectivity index (χ2v) is 13.7. The molecule has 31 heavy (non-hydrogen) atoms. The summed E-state index contributed by atoms with van der Waals surface area (Å²) in [4.78, 5) is 0. The van der Waals surface area contributed by atoms with Gasteiger partial charge in [-0.1, -0.05) is 107 Å². The van der Waals surface area contributed by atoms with Crippen LogP contribution in [-0.4, -0.2) is 26.6 Å². The van der Waals surface area contributed by atoms with Crippen LogP contribution in [0, 0.1) is 0 Å². The van der Waals surface area contributed by atoms with Crippen LogP contribution in [0.25, 0.3) is 0 Å². The van der Waals surface area contributed by atoms with E-state index in [-0.39, 0.29) is 23.4 Å². The van der Waals surface area contributed by atoms with Gasteiger partial charge in [0.15, 0.2) is 0 Å². The fourth-order valence-electron chi connectivity index (χ4n) is 4.34. The number of hydrogen-bond acceptors (Lipinski definition) is 2. The van der Waals surface area contributed by atoms with Gasteiger partial charge in [0, 0.05) is 0 Å². The Kier molecular flexibility index (Phi) is 9.05. The largest absolute Gasteiger partial charge is 0.402 e. The van der Waals surface area contributed by atoms with Crippen LogP contribution in [0.5, 0.6) is 0 Å². The molecule has 2 aromatic rings. The smallest absolute Gasteiger partial charge is 0.261 e. The molecular weight excluding hydrogens is 396 g/mol. The Balaban J connectivity index is 2.56. The van der Waals surface area contributed by atoms with E-state index < -0.39 is 8.32 Å². The molecule has 0 fully saturated rings. The van der Waals surface area contributed by atoms with E-state index in [1.54, 1.807) is 0 Å². The first-order chi connectivity index (χ1) is 14.7. The molecule has 0 spiro atoms. The predicted molar refractivity (Wildman–Crippen MR) is 137 cm³/mol. The van der Waals surface area contributed by atoms with Gasteiger partial charge in [-0.15, -0.1) is 6.58 Å². The van der Waals surface area contributed by atoms with Gasteiger partial charge in [0.05, 0.1) is 18.3 Å². The van der Waals surface area contributed by atoms with Crippen molar-refractivity contribution in [3.63, 3.8) is 0 Å². The highest BCUT2D eigenvalue weighted by atomic mass is 28.4. The van der Waals surface area contributed by atoms with E-state index in [2.05, 4.69) is 108 Å². The Hall–Kier alpha value is -1.94. The summed E-state index contributed by atoms with van der Waals surface area (Å²) in [6.07, 6.45) is 3.41. The van der Waals surface area contributed by atoms with Gasteiger partial charge in [-0.3, -0.25) is 0 Å². The quantitative estimate of drug-likeness (QED) is 0.305. The Bertz CT molecular complexity index is 784. The molecule has 2 nitrogen and oxygen atoms in total. The lowest BCUT2D eigenvalue weighted by molar-refractivity contribution is -0.0511. The normalized spacial score (nSPS) is 15.2. The summed E-state index contributed by atoms with van der Waals surface area (Å²) in [5, 5.41) is 2.50. The first-order valence-electron chi connectivity index (χ1n) is 11.4. The van der Waals surface area contributed by atoms with E-state index in [0.717, 1.165) is 18.4 Å². The van der Waals surface area contributed by atoms with Crippen molar-refractivity contribution in [1.29, 1.82) is 0 Å². The molecule has 0 aliphatic rings. The average Bonchev–Trinajstić information content (AvgIpc) is 2.74. The van der Waals surface area contributed by atoms with Crippen molar-refractivity contribution in [1.82, 2.24) is 0 Å². The van der Waals surface area contributed by atoms with Gasteiger partial charge in [-0.05, 0) is 42.1 Å². The number of benzene rings is 2. The molecular formula is C28H40O2Si. The van der Waals surface area contributed by atoms with Crippen molar-refractivity contribution < 1.29 is 9.16 Å². The molecule has 0 aromatic heterocycles. The first kappa shape index (κ1) is 25.3. The van der Waals surface area contributed by atoms with Crippen LogP contribution in [0.15, 0.2) is 85.5 Å². The number of hydrogen-bond donors (Lipinski definition) is 0. The Morgan fingerprint density at radius 3 is 1.84 bits per heavy atom. The summed E-state index contributed by atoms with van der Waals surface area (Å²) in [7, 11) is -2.63. The van der Waals surface area contributed by atoms with E-state index in [4.69, 9.17) is 9.16 Å². The van der Waals surface area contributed by atoms with Crippen LogP contribution in [-0.2, 0) is 9.16 Å². The Morgan fingerprint density at radius 2 is 1.48 bits per heavy atom. The van der Waals surface area contributed by atoms with E-state index in [1.807, 2.05) is 13.0 Å². The van der Waals surface area contributed by atoms with Gasteiger partial charge < -0.3 is 9.16 Å². The molecule has 0 aliphatic heterocycles. The van der Waals surface area contributed by atoms with Crippen molar-refractivity contribution in [2.45, 2.75) is 77.7 Å². The zero-order chi connectivity index (χ0) is 23.1. The summed E-state index contributed by atoms with van der Waals surface area (Å²) in [6.45, 7) is 21.3. The zero-order valence-corrected chi connectivity index (χ0v) is 21.2. The molecule has 3 atom stereocenters. The maximum Gasteiger partial charge on any atom is 0.261 e. The molecule has 0 radical (unpaired) electrons. The van der Waals surface area contributed by atoms with Gasteiger partial charge in [-0.2, -0.15) is 0 Å². The van der Waals surface area contributed by atoms with Gasteiger partial charge in [-0.25, -0.2) is 0 Å². The third kappa shape index (κ3) is 5.85. The van der Waals surface area contributed by atoms with Gasteiger partial charge in [0.25, 0.3) is 8.32 Å². The second kappa shape index (κ2) is 11.1. The zero-order valence-electron chi connectivity index (χ0n) is 20.2. The van der Waals surface area contributed by atoms with E-state index in [0.29, 0.717) is 0 Å². The lowest BCUT2D eigenvalue weighted by Gasteiger charge is -2.46. The van der Waals surface area contributed by atoms with Crippen LogP contribution < -0.4 is 10.4 Å². The van der Waals surface area contributed by atoms with Crippen LogP contribution >= 0.6 is 0 Å². The van der Waals surface area contributed by atoms with Crippen LogP contribution in [0.2, 0.25) is 5.04 Å². The molecule has 2 aromatic carbocycles. The average molecular weight is 437 g/mol. The fraction of sp³-hybridized carbons (Fsp3) is 0.429. The van der Waals surface area contributed by atoms with Crippen molar-refractivity contribution in [3.05, 3.63) is 85.5 Å². The Morgan fingerprint density at radius 1 is 1.00 bits per heavy atom. The summed E-state index contributed by atoms with van der Waals surface area (Å²) in [5.74, 6) is 0. The third-order valence-electron chi connectivity index (χ3n) is 5.96. The molecule has 0 unspecified atom stereocenters. The molecule has 0 heterocycles. The fourth-order valence-corrected chi connectivity index (χ4v) is 9.06. The minimum Gasteiger partial charge on any atom is -0.402 e. The molecule has 2 rings (SSSR count). The molecule has 0 amide bonds. The van der Waals surface area contributed by atoms with Crippen LogP contribution in [0.1, 0.15) is 54.4 Å². The maximum absolute atomic E-state index is 7.25. The molecule has 0 saturated heterocycles. The first-order valence-corrected chi connectivity index (χ1v) is 13.3. The SMILES string of the molecule is C=CC[C@H](O[C@@H](CC)C(=C)C)[C@@H](C)O[Si](c1ccccc1)(c1ccccc1)C(C)(C)C. The van der Waals surface area contributed by atoms with Crippen molar-refractivity contribution in [2.24, 2.45) is 0 Å². The lowest BCUT2D eigenvalue weighted by atomic mass is 10.1. The lowest BCUT2D eigenvalue weighted by Crippen LogP contribution is -2.68. The van der Waals surface area contributed by atoms with Crippen LogP contribution in [0.3, 0.4) is 0 Å². The standard InChI is InChI=1S/C28H40O2Si/c1-9-17-27(29-26(10-2)22(3)4)23(5)30-31(28(6,7)8,24-18-13-11-14-19-24)25-20-15-12-16-21-25/h9,11-16,18-21,23,26-27H,1,3,10,17H2,2,4-8H3/t23-,26+,27+/m1/s1. The molecule has 168 valence electrons. The van der Waals surface area contributed by atoms with Gasteiger partial charge in [0.2, 0.25) is 0 Å². The molecule has 0 saturated carbocycles. The maximum atomic E-state index is 7.25.